The number of aromatic nitrogens is 1. The van der Waals surface area contributed by atoms with Gasteiger partial charge < -0.3 is 5.32 Å². The molecule has 0 atom stereocenters. The van der Waals surface area contributed by atoms with Crippen molar-refractivity contribution in [3.63, 3.8) is 0 Å². The third-order valence-electron chi connectivity index (χ3n) is 2.58. The number of rotatable bonds is 2. The predicted molar refractivity (Wildman–Crippen MR) is 72.5 cm³/mol. The van der Waals surface area contributed by atoms with Crippen LogP contribution in [-0.2, 0) is 5.41 Å². The molecule has 0 aliphatic heterocycles. The fraction of sp³-hybridized carbons (Fsp3) is 0.462. The topological polar surface area (TPSA) is 24.9 Å². The molecule has 0 spiro atoms. The van der Waals surface area contributed by atoms with Crippen molar-refractivity contribution in [3.8, 4) is 0 Å². The zero-order chi connectivity index (χ0) is 11.8. The Kier molecular flexibility index (Phi) is 2.89. The van der Waals surface area contributed by atoms with Crippen LogP contribution in [0.2, 0.25) is 0 Å². The molecule has 0 radical (unpaired) electrons. The molecule has 1 aromatic carbocycles. The van der Waals surface area contributed by atoms with Crippen LogP contribution in [0.15, 0.2) is 18.2 Å². The summed E-state index contributed by atoms with van der Waals surface area (Å²) < 4.78 is 1.25. The summed E-state index contributed by atoms with van der Waals surface area (Å²) in [6, 6.07) is 6.58. The van der Waals surface area contributed by atoms with E-state index in [4.69, 9.17) is 0 Å². The van der Waals surface area contributed by atoms with Gasteiger partial charge in [0.15, 0.2) is 5.13 Å². The highest BCUT2D eigenvalue weighted by molar-refractivity contribution is 7.22. The number of hydrogen-bond acceptors (Lipinski definition) is 3. The predicted octanol–water partition coefficient (Wildman–Crippen LogP) is 4.03. The lowest BCUT2D eigenvalue weighted by Gasteiger charge is -2.18. The van der Waals surface area contributed by atoms with E-state index in [-0.39, 0.29) is 5.41 Å². The molecule has 2 nitrogen and oxygen atoms in total. The number of thiazole rings is 1. The van der Waals surface area contributed by atoms with Gasteiger partial charge in [-0.1, -0.05) is 38.2 Å². The monoisotopic (exact) mass is 234 g/mol. The van der Waals surface area contributed by atoms with E-state index in [0.717, 1.165) is 17.2 Å². The van der Waals surface area contributed by atoms with Crippen LogP contribution in [0, 0.1) is 0 Å². The molecule has 86 valence electrons. The van der Waals surface area contributed by atoms with Gasteiger partial charge in [0, 0.05) is 6.54 Å². The summed E-state index contributed by atoms with van der Waals surface area (Å²) in [7, 11) is 0. The highest BCUT2D eigenvalue weighted by Gasteiger charge is 2.14. The average Bonchev–Trinajstić information content (AvgIpc) is 2.57. The molecule has 2 rings (SSSR count). The molecular weight excluding hydrogens is 216 g/mol. The van der Waals surface area contributed by atoms with Gasteiger partial charge >= 0.3 is 0 Å². The summed E-state index contributed by atoms with van der Waals surface area (Å²) in [5.41, 5.74) is 2.64. The number of hydrogen-bond donors (Lipinski definition) is 1. The third-order valence-corrected chi connectivity index (χ3v) is 3.58. The summed E-state index contributed by atoms with van der Waals surface area (Å²) >= 11 is 1.72. The van der Waals surface area contributed by atoms with Gasteiger partial charge in [-0.15, -0.1) is 0 Å². The standard InChI is InChI=1S/C13H18N2S/c1-5-14-12-15-10-8-9(13(2,3)4)6-7-11(10)16-12/h6-8H,5H2,1-4H3,(H,14,15). The summed E-state index contributed by atoms with van der Waals surface area (Å²) in [6.07, 6.45) is 0. The molecule has 0 amide bonds. The Balaban J connectivity index is 2.46. The van der Waals surface area contributed by atoms with Gasteiger partial charge in [0.25, 0.3) is 0 Å². The first-order valence-electron chi connectivity index (χ1n) is 5.65. The average molecular weight is 234 g/mol. The lowest BCUT2D eigenvalue weighted by Crippen LogP contribution is -2.10. The van der Waals surface area contributed by atoms with Crippen LogP contribution in [0.5, 0.6) is 0 Å². The van der Waals surface area contributed by atoms with E-state index < -0.39 is 0 Å². The van der Waals surface area contributed by atoms with Crippen molar-refractivity contribution in [2.24, 2.45) is 0 Å². The van der Waals surface area contributed by atoms with Crippen molar-refractivity contribution < 1.29 is 0 Å². The molecule has 1 aromatic heterocycles. The summed E-state index contributed by atoms with van der Waals surface area (Å²) in [4.78, 5) is 4.58. The van der Waals surface area contributed by atoms with Gasteiger partial charge in [0.2, 0.25) is 0 Å². The van der Waals surface area contributed by atoms with E-state index in [2.05, 4.69) is 56.2 Å². The highest BCUT2D eigenvalue weighted by atomic mass is 32.1. The number of anilines is 1. The van der Waals surface area contributed by atoms with Crippen molar-refractivity contribution in [1.29, 1.82) is 0 Å². The minimum absolute atomic E-state index is 0.191. The van der Waals surface area contributed by atoms with E-state index in [1.54, 1.807) is 11.3 Å². The molecule has 0 aliphatic rings. The highest BCUT2D eigenvalue weighted by Crippen LogP contribution is 2.30. The van der Waals surface area contributed by atoms with Crippen molar-refractivity contribution >= 4 is 26.7 Å². The van der Waals surface area contributed by atoms with E-state index in [0.29, 0.717) is 0 Å². The van der Waals surface area contributed by atoms with Crippen LogP contribution < -0.4 is 5.32 Å². The maximum atomic E-state index is 4.58. The summed E-state index contributed by atoms with van der Waals surface area (Å²) in [5, 5.41) is 4.28. The van der Waals surface area contributed by atoms with Crippen LogP contribution in [-0.4, -0.2) is 11.5 Å². The summed E-state index contributed by atoms with van der Waals surface area (Å²) in [6.45, 7) is 9.70. The smallest absolute Gasteiger partial charge is 0.183 e. The first kappa shape index (κ1) is 11.4. The fourth-order valence-electron chi connectivity index (χ4n) is 1.62. The van der Waals surface area contributed by atoms with E-state index in [1.807, 2.05) is 0 Å². The maximum Gasteiger partial charge on any atom is 0.183 e. The molecule has 1 heterocycles. The quantitative estimate of drug-likeness (QED) is 0.848. The van der Waals surface area contributed by atoms with Crippen molar-refractivity contribution in [2.75, 3.05) is 11.9 Å². The van der Waals surface area contributed by atoms with Crippen LogP contribution in [0.3, 0.4) is 0 Å². The molecule has 16 heavy (non-hydrogen) atoms. The number of nitrogens with one attached hydrogen (secondary N) is 1. The summed E-state index contributed by atoms with van der Waals surface area (Å²) in [5.74, 6) is 0. The van der Waals surface area contributed by atoms with Gasteiger partial charge in [-0.3, -0.25) is 0 Å². The van der Waals surface area contributed by atoms with Gasteiger partial charge in [-0.05, 0) is 30.0 Å². The fourth-order valence-corrected chi connectivity index (χ4v) is 2.53. The molecule has 0 saturated carbocycles. The number of benzene rings is 1. The molecule has 3 heteroatoms. The Hall–Kier alpha value is -1.09. The Bertz CT molecular complexity index is 494. The van der Waals surface area contributed by atoms with Gasteiger partial charge in [-0.25, -0.2) is 4.98 Å². The molecule has 0 fully saturated rings. The van der Waals surface area contributed by atoms with Crippen molar-refractivity contribution in [2.45, 2.75) is 33.1 Å². The van der Waals surface area contributed by atoms with E-state index >= 15 is 0 Å². The van der Waals surface area contributed by atoms with Gasteiger partial charge in [-0.2, -0.15) is 0 Å². The largest absolute Gasteiger partial charge is 0.362 e. The molecule has 0 aliphatic carbocycles. The molecule has 0 bridgehead atoms. The Morgan fingerprint density at radius 1 is 1.31 bits per heavy atom. The number of nitrogens with zero attached hydrogens (tertiary/aromatic N) is 1. The third kappa shape index (κ3) is 2.19. The lowest BCUT2D eigenvalue weighted by molar-refractivity contribution is 0.591. The zero-order valence-corrected chi connectivity index (χ0v) is 11.1. The molecular formula is C13H18N2S. The van der Waals surface area contributed by atoms with Gasteiger partial charge in [0.05, 0.1) is 10.2 Å². The van der Waals surface area contributed by atoms with Crippen LogP contribution in [0.25, 0.3) is 10.2 Å². The Labute approximate surface area is 101 Å². The molecule has 0 saturated heterocycles. The Morgan fingerprint density at radius 3 is 2.69 bits per heavy atom. The first-order chi connectivity index (χ1) is 7.50. The normalized spacial score (nSPS) is 12.0. The molecule has 0 unspecified atom stereocenters. The zero-order valence-electron chi connectivity index (χ0n) is 10.3. The minimum atomic E-state index is 0.191. The van der Waals surface area contributed by atoms with Crippen LogP contribution in [0.1, 0.15) is 33.3 Å². The van der Waals surface area contributed by atoms with E-state index in [9.17, 15) is 0 Å². The Morgan fingerprint density at radius 2 is 2.06 bits per heavy atom. The molecule has 1 N–H and O–H groups in total. The second-order valence-electron chi connectivity index (χ2n) is 4.98. The lowest BCUT2D eigenvalue weighted by atomic mass is 9.87. The van der Waals surface area contributed by atoms with Crippen LogP contribution >= 0.6 is 11.3 Å². The SMILES string of the molecule is CCNc1nc2cc(C(C)(C)C)ccc2s1. The van der Waals surface area contributed by atoms with Crippen molar-refractivity contribution in [1.82, 2.24) is 4.98 Å². The minimum Gasteiger partial charge on any atom is -0.362 e. The van der Waals surface area contributed by atoms with Gasteiger partial charge in [0.1, 0.15) is 0 Å². The maximum absolute atomic E-state index is 4.58. The first-order valence-corrected chi connectivity index (χ1v) is 6.47. The second-order valence-corrected chi connectivity index (χ2v) is 6.01. The van der Waals surface area contributed by atoms with Crippen molar-refractivity contribution in [3.05, 3.63) is 23.8 Å². The van der Waals surface area contributed by atoms with E-state index in [1.165, 1.54) is 10.3 Å². The second kappa shape index (κ2) is 4.06. The molecule has 2 aromatic rings. The van der Waals surface area contributed by atoms with Crippen LogP contribution in [0.4, 0.5) is 5.13 Å². The number of fused-ring (bicyclic) bond motifs is 1.